The van der Waals surface area contributed by atoms with Crippen molar-refractivity contribution in [1.29, 1.82) is 0 Å². The second kappa shape index (κ2) is 6.82. The standard InChI is InChI=1S/C20H31N3/c1-17-5-4-11-22(17)14-13-21-12-8-18-15-20(7-6-19(18)16-21)23-9-2-3-10-23/h6-7,15,17H,2-5,8-14,16H2,1H3/t17-/m1/s1. The number of rotatable bonds is 4. The van der Waals surface area contributed by atoms with Crippen molar-refractivity contribution in [3.8, 4) is 0 Å². The van der Waals surface area contributed by atoms with Crippen molar-refractivity contribution in [2.45, 2.75) is 51.6 Å². The van der Waals surface area contributed by atoms with Gasteiger partial charge in [0.1, 0.15) is 0 Å². The van der Waals surface area contributed by atoms with Crippen LogP contribution in [0.25, 0.3) is 0 Å². The van der Waals surface area contributed by atoms with Crippen molar-refractivity contribution in [2.75, 3.05) is 44.2 Å². The number of nitrogens with zero attached hydrogens (tertiary/aromatic N) is 3. The summed E-state index contributed by atoms with van der Waals surface area (Å²) in [5, 5.41) is 0. The number of hydrogen-bond acceptors (Lipinski definition) is 3. The van der Waals surface area contributed by atoms with Gasteiger partial charge >= 0.3 is 0 Å². The topological polar surface area (TPSA) is 9.72 Å². The van der Waals surface area contributed by atoms with E-state index >= 15 is 0 Å². The van der Waals surface area contributed by atoms with E-state index in [0.717, 1.165) is 12.6 Å². The quantitative estimate of drug-likeness (QED) is 0.845. The van der Waals surface area contributed by atoms with Gasteiger partial charge in [0, 0.05) is 51.0 Å². The first-order valence-electron chi connectivity index (χ1n) is 9.63. The summed E-state index contributed by atoms with van der Waals surface area (Å²) in [4.78, 5) is 7.89. The van der Waals surface area contributed by atoms with E-state index in [1.807, 2.05) is 0 Å². The maximum atomic E-state index is 2.67. The Morgan fingerprint density at radius 3 is 2.61 bits per heavy atom. The third-order valence-corrected chi connectivity index (χ3v) is 6.15. The lowest BCUT2D eigenvalue weighted by atomic mass is 9.98. The lowest BCUT2D eigenvalue weighted by molar-refractivity contribution is 0.189. The molecule has 0 N–H and O–H groups in total. The summed E-state index contributed by atoms with van der Waals surface area (Å²) in [5.41, 5.74) is 4.62. The van der Waals surface area contributed by atoms with Gasteiger partial charge in [0.25, 0.3) is 0 Å². The molecule has 0 saturated carbocycles. The summed E-state index contributed by atoms with van der Waals surface area (Å²) < 4.78 is 0. The summed E-state index contributed by atoms with van der Waals surface area (Å²) in [6, 6.07) is 8.03. The summed E-state index contributed by atoms with van der Waals surface area (Å²) in [7, 11) is 0. The van der Waals surface area contributed by atoms with Crippen LogP contribution in [-0.4, -0.2) is 55.1 Å². The van der Waals surface area contributed by atoms with Gasteiger partial charge in [-0.25, -0.2) is 0 Å². The molecule has 1 aromatic rings. The Morgan fingerprint density at radius 1 is 0.957 bits per heavy atom. The van der Waals surface area contributed by atoms with Crippen LogP contribution >= 0.6 is 0 Å². The maximum Gasteiger partial charge on any atom is 0.0369 e. The van der Waals surface area contributed by atoms with Gasteiger partial charge in [0.05, 0.1) is 0 Å². The van der Waals surface area contributed by atoms with E-state index in [0.29, 0.717) is 0 Å². The van der Waals surface area contributed by atoms with Gasteiger partial charge in [-0.15, -0.1) is 0 Å². The van der Waals surface area contributed by atoms with Crippen LogP contribution in [0.4, 0.5) is 5.69 Å². The smallest absolute Gasteiger partial charge is 0.0369 e. The monoisotopic (exact) mass is 313 g/mol. The Morgan fingerprint density at radius 2 is 1.83 bits per heavy atom. The molecule has 3 heterocycles. The van der Waals surface area contributed by atoms with Crippen molar-refractivity contribution in [2.24, 2.45) is 0 Å². The van der Waals surface area contributed by atoms with Crippen molar-refractivity contribution < 1.29 is 0 Å². The highest BCUT2D eigenvalue weighted by Crippen LogP contribution is 2.27. The highest BCUT2D eigenvalue weighted by Gasteiger charge is 2.22. The second-order valence-corrected chi connectivity index (χ2v) is 7.70. The predicted octanol–water partition coefficient (Wildman–Crippen LogP) is 3.13. The van der Waals surface area contributed by atoms with E-state index in [1.54, 1.807) is 11.1 Å². The molecule has 23 heavy (non-hydrogen) atoms. The molecule has 0 spiro atoms. The molecule has 0 aromatic heterocycles. The van der Waals surface area contributed by atoms with Gasteiger partial charge in [-0.05, 0) is 68.8 Å². The van der Waals surface area contributed by atoms with E-state index in [2.05, 4.69) is 39.8 Å². The van der Waals surface area contributed by atoms with Crippen molar-refractivity contribution in [3.05, 3.63) is 29.3 Å². The second-order valence-electron chi connectivity index (χ2n) is 7.70. The third kappa shape index (κ3) is 3.41. The minimum absolute atomic E-state index is 0.801. The molecular formula is C20H31N3. The highest BCUT2D eigenvalue weighted by atomic mass is 15.2. The molecule has 1 aromatic carbocycles. The number of benzene rings is 1. The van der Waals surface area contributed by atoms with E-state index in [-0.39, 0.29) is 0 Å². The first-order chi connectivity index (χ1) is 11.3. The third-order valence-electron chi connectivity index (χ3n) is 6.15. The van der Waals surface area contributed by atoms with Gasteiger partial charge in [-0.1, -0.05) is 6.07 Å². The normalized spacial score (nSPS) is 26.0. The molecule has 0 amide bonds. The molecule has 3 nitrogen and oxygen atoms in total. The highest BCUT2D eigenvalue weighted by molar-refractivity contribution is 5.52. The minimum atomic E-state index is 0.801. The Bertz CT molecular complexity index is 536. The van der Waals surface area contributed by atoms with Gasteiger partial charge in [-0.3, -0.25) is 9.80 Å². The fraction of sp³-hybridized carbons (Fsp3) is 0.700. The van der Waals surface area contributed by atoms with Crippen LogP contribution in [0.3, 0.4) is 0 Å². The van der Waals surface area contributed by atoms with E-state index in [4.69, 9.17) is 0 Å². The first-order valence-corrected chi connectivity index (χ1v) is 9.63. The van der Waals surface area contributed by atoms with E-state index < -0.39 is 0 Å². The minimum Gasteiger partial charge on any atom is -0.372 e. The molecule has 4 rings (SSSR count). The van der Waals surface area contributed by atoms with Crippen molar-refractivity contribution in [3.63, 3.8) is 0 Å². The molecule has 0 unspecified atom stereocenters. The zero-order chi connectivity index (χ0) is 15.6. The summed E-state index contributed by atoms with van der Waals surface area (Å²) in [6.45, 7) is 11.1. The predicted molar refractivity (Wildman–Crippen MR) is 97.1 cm³/mol. The van der Waals surface area contributed by atoms with E-state index in [1.165, 1.54) is 77.1 Å². The Balaban J connectivity index is 1.35. The van der Waals surface area contributed by atoms with E-state index in [9.17, 15) is 0 Å². The molecule has 2 fully saturated rings. The Hall–Kier alpha value is -1.06. The molecule has 3 aliphatic heterocycles. The molecule has 126 valence electrons. The molecular weight excluding hydrogens is 282 g/mol. The van der Waals surface area contributed by atoms with Crippen molar-refractivity contribution >= 4 is 5.69 Å². The number of anilines is 1. The van der Waals surface area contributed by atoms with Gasteiger partial charge in [0.15, 0.2) is 0 Å². The van der Waals surface area contributed by atoms with Crippen LogP contribution < -0.4 is 4.90 Å². The largest absolute Gasteiger partial charge is 0.372 e. The van der Waals surface area contributed by atoms with Crippen LogP contribution in [0.15, 0.2) is 18.2 Å². The fourth-order valence-corrected chi connectivity index (χ4v) is 4.56. The van der Waals surface area contributed by atoms with Crippen molar-refractivity contribution in [1.82, 2.24) is 9.80 Å². The first kappa shape index (κ1) is 15.5. The van der Waals surface area contributed by atoms with Gasteiger partial charge in [-0.2, -0.15) is 0 Å². The zero-order valence-electron chi connectivity index (χ0n) is 14.6. The lowest BCUT2D eigenvalue weighted by Crippen LogP contribution is -2.39. The number of likely N-dealkylation sites (tertiary alicyclic amines) is 1. The molecule has 0 radical (unpaired) electrons. The molecule has 1 atom stereocenters. The summed E-state index contributed by atoms with van der Waals surface area (Å²) >= 11 is 0. The summed E-state index contributed by atoms with van der Waals surface area (Å²) in [6.07, 6.45) is 6.73. The SMILES string of the molecule is C[C@@H]1CCCN1CCN1CCc2cc(N3CCCC3)ccc2C1. The molecule has 0 aliphatic carbocycles. The van der Waals surface area contributed by atoms with Crippen LogP contribution in [0.2, 0.25) is 0 Å². The zero-order valence-corrected chi connectivity index (χ0v) is 14.6. The maximum absolute atomic E-state index is 2.67. The number of hydrogen-bond donors (Lipinski definition) is 0. The van der Waals surface area contributed by atoms with Crippen LogP contribution in [0.1, 0.15) is 43.7 Å². The Kier molecular flexibility index (Phi) is 4.59. The average Bonchev–Trinajstić information content (AvgIpc) is 3.24. The average molecular weight is 313 g/mol. The van der Waals surface area contributed by atoms with Gasteiger partial charge < -0.3 is 4.90 Å². The van der Waals surface area contributed by atoms with Crippen LogP contribution in [0, 0.1) is 0 Å². The molecule has 3 heteroatoms. The van der Waals surface area contributed by atoms with Crippen LogP contribution in [-0.2, 0) is 13.0 Å². The lowest BCUT2D eigenvalue weighted by Gasteiger charge is -2.32. The fourth-order valence-electron chi connectivity index (χ4n) is 4.56. The number of fused-ring (bicyclic) bond motifs is 1. The Labute approximate surface area is 141 Å². The molecule has 0 bridgehead atoms. The summed E-state index contributed by atoms with van der Waals surface area (Å²) in [5.74, 6) is 0. The molecule has 2 saturated heterocycles. The van der Waals surface area contributed by atoms with Gasteiger partial charge in [0.2, 0.25) is 0 Å². The van der Waals surface area contributed by atoms with Crippen LogP contribution in [0.5, 0.6) is 0 Å². The molecule has 3 aliphatic rings.